The maximum Gasteiger partial charge on any atom is 0.321 e. The van der Waals surface area contributed by atoms with Crippen molar-refractivity contribution in [2.75, 3.05) is 45.5 Å². The van der Waals surface area contributed by atoms with Gasteiger partial charge in [-0.2, -0.15) is 0 Å². The Morgan fingerprint density at radius 3 is 2.29 bits per heavy atom. The average Bonchev–Trinajstić information content (AvgIpc) is 2.27. The van der Waals surface area contributed by atoms with Gasteiger partial charge in [-0.25, -0.2) is 8.42 Å². The molecule has 0 bridgehead atoms. The van der Waals surface area contributed by atoms with E-state index < -0.39 is 21.1 Å². The Balaban J connectivity index is 2.42. The molecule has 100 valence electrons. The minimum Gasteiger partial charge on any atom is -0.480 e. The lowest BCUT2D eigenvalue weighted by Gasteiger charge is -2.32. The van der Waals surface area contributed by atoms with Crippen LogP contribution < -0.4 is 0 Å². The van der Waals surface area contributed by atoms with Gasteiger partial charge >= 0.3 is 5.97 Å². The van der Waals surface area contributed by atoms with Crippen LogP contribution >= 0.6 is 0 Å². The van der Waals surface area contributed by atoms with Crippen molar-refractivity contribution in [1.82, 2.24) is 9.80 Å². The van der Waals surface area contributed by atoms with E-state index in [1.807, 2.05) is 7.05 Å². The fourth-order valence-corrected chi connectivity index (χ4v) is 2.83. The van der Waals surface area contributed by atoms with Crippen LogP contribution in [0, 0.1) is 0 Å². The van der Waals surface area contributed by atoms with Gasteiger partial charge in [0, 0.05) is 32.7 Å². The molecule has 0 spiro atoms. The highest BCUT2D eigenvalue weighted by Gasteiger charge is 2.28. The normalized spacial score (nSPS) is 21.3. The third kappa shape index (κ3) is 4.25. The van der Waals surface area contributed by atoms with Gasteiger partial charge < -0.3 is 10.0 Å². The van der Waals surface area contributed by atoms with Crippen molar-refractivity contribution >= 4 is 15.8 Å². The molecule has 1 N–H and O–H groups in total. The van der Waals surface area contributed by atoms with Gasteiger partial charge in [0.1, 0.15) is 0 Å². The molecule has 0 aromatic carbocycles. The number of sulfone groups is 1. The third-order valence-electron chi connectivity index (χ3n) is 3.17. The largest absolute Gasteiger partial charge is 0.480 e. The Morgan fingerprint density at radius 1 is 1.29 bits per heavy atom. The molecule has 1 rings (SSSR count). The molecule has 1 saturated heterocycles. The zero-order valence-corrected chi connectivity index (χ0v) is 11.1. The van der Waals surface area contributed by atoms with Gasteiger partial charge in [0.2, 0.25) is 0 Å². The van der Waals surface area contributed by atoms with Gasteiger partial charge in [-0.1, -0.05) is 0 Å². The molecule has 7 heteroatoms. The van der Waals surface area contributed by atoms with Crippen LogP contribution in [0.1, 0.15) is 6.92 Å². The van der Waals surface area contributed by atoms with Crippen LogP contribution in [0.2, 0.25) is 0 Å². The molecule has 1 fully saturated rings. The first-order valence-electron chi connectivity index (χ1n) is 5.68. The summed E-state index contributed by atoms with van der Waals surface area (Å²) >= 11 is 0. The van der Waals surface area contributed by atoms with Crippen molar-refractivity contribution in [3.63, 3.8) is 0 Å². The van der Waals surface area contributed by atoms with Gasteiger partial charge in [-0.05, 0) is 14.0 Å². The number of hydrogen-bond donors (Lipinski definition) is 1. The lowest BCUT2D eigenvalue weighted by Crippen LogP contribution is -2.46. The van der Waals surface area contributed by atoms with Gasteiger partial charge in [-0.15, -0.1) is 0 Å². The highest BCUT2D eigenvalue weighted by Crippen LogP contribution is 2.05. The molecule has 1 unspecified atom stereocenters. The Kier molecular flexibility index (Phi) is 4.91. The third-order valence-corrected chi connectivity index (χ3v) is 5.20. The van der Waals surface area contributed by atoms with Gasteiger partial charge in [0.05, 0.1) is 5.75 Å². The number of carbonyl (C=O) groups is 1. The van der Waals surface area contributed by atoms with E-state index in [9.17, 15) is 13.2 Å². The lowest BCUT2D eigenvalue weighted by atomic mass is 10.3. The molecule has 0 amide bonds. The van der Waals surface area contributed by atoms with Crippen molar-refractivity contribution < 1.29 is 18.3 Å². The Labute approximate surface area is 102 Å². The number of aliphatic carboxylic acids is 1. The molecule has 1 aliphatic rings. The van der Waals surface area contributed by atoms with E-state index in [1.54, 1.807) is 0 Å². The standard InChI is InChI=1S/C10H20N2O4S/c1-9(10(13)14)17(15,16)8-7-12-5-3-11(2)4-6-12/h9H,3-8H2,1-2H3,(H,13,14). The van der Waals surface area contributed by atoms with Gasteiger partial charge in [-0.3, -0.25) is 9.69 Å². The molecule has 1 aliphatic heterocycles. The van der Waals surface area contributed by atoms with Gasteiger partial charge in [0.15, 0.2) is 15.1 Å². The molecule has 0 radical (unpaired) electrons. The van der Waals surface area contributed by atoms with Crippen LogP contribution in [0.4, 0.5) is 0 Å². The van der Waals surface area contributed by atoms with E-state index in [1.165, 1.54) is 6.92 Å². The summed E-state index contributed by atoms with van der Waals surface area (Å²) in [5, 5.41) is 7.38. The summed E-state index contributed by atoms with van der Waals surface area (Å²) in [6.07, 6.45) is 0. The first kappa shape index (κ1) is 14.4. The van der Waals surface area contributed by atoms with E-state index in [2.05, 4.69) is 9.80 Å². The van der Waals surface area contributed by atoms with Crippen molar-refractivity contribution in [2.45, 2.75) is 12.2 Å². The van der Waals surface area contributed by atoms with Crippen LogP contribution in [0.3, 0.4) is 0 Å². The Morgan fingerprint density at radius 2 is 1.82 bits per heavy atom. The average molecular weight is 264 g/mol. The van der Waals surface area contributed by atoms with Crippen LogP contribution in [0.25, 0.3) is 0 Å². The van der Waals surface area contributed by atoms with Gasteiger partial charge in [0.25, 0.3) is 0 Å². The number of carboxylic acids is 1. The maximum atomic E-state index is 11.7. The molecule has 6 nitrogen and oxygen atoms in total. The summed E-state index contributed by atoms with van der Waals surface area (Å²) in [6, 6.07) is 0. The zero-order chi connectivity index (χ0) is 13.1. The molecular weight excluding hydrogens is 244 g/mol. The SMILES string of the molecule is CC(C(=O)O)S(=O)(=O)CCN1CCN(C)CC1. The number of rotatable bonds is 5. The maximum absolute atomic E-state index is 11.7. The highest BCUT2D eigenvalue weighted by molar-refractivity contribution is 7.92. The second-order valence-corrected chi connectivity index (χ2v) is 6.93. The second-order valence-electron chi connectivity index (χ2n) is 4.49. The number of carboxylic acid groups (broad SMARTS) is 1. The number of hydrogen-bond acceptors (Lipinski definition) is 5. The molecule has 0 aromatic heterocycles. The quantitative estimate of drug-likeness (QED) is 0.695. The summed E-state index contributed by atoms with van der Waals surface area (Å²) in [5.41, 5.74) is 0. The highest BCUT2D eigenvalue weighted by atomic mass is 32.2. The summed E-state index contributed by atoms with van der Waals surface area (Å²) in [4.78, 5) is 14.9. The second kappa shape index (κ2) is 5.79. The van der Waals surface area contributed by atoms with Crippen molar-refractivity contribution in [2.24, 2.45) is 0 Å². The minimum atomic E-state index is -3.53. The predicted molar refractivity (Wildman–Crippen MR) is 64.8 cm³/mol. The summed E-state index contributed by atoms with van der Waals surface area (Å²) < 4.78 is 23.3. The molecule has 0 aromatic rings. The van der Waals surface area contributed by atoms with E-state index in [4.69, 9.17) is 5.11 Å². The smallest absolute Gasteiger partial charge is 0.321 e. The minimum absolute atomic E-state index is 0.0792. The van der Waals surface area contributed by atoms with E-state index >= 15 is 0 Å². The summed E-state index contributed by atoms with van der Waals surface area (Å²) in [7, 11) is -1.50. The Bertz CT molecular complexity index is 361. The molecule has 0 aliphatic carbocycles. The monoisotopic (exact) mass is 264 g/mol. The zero-order valence-electron chi connectivity index (χ0n) is 10.3. The molecule has 0 saturated carbocycles. The van der Waals surface area contributed by atoms with Crippen LogP contribution in [0.5, 0.6) is 0 Å². The van der Waals surface area contributed by atoms with E-state index in [0.717, 1.165) is 26.2 Å². The first-order valence-corrected chi connectivity index (χ1v) is 7.40. The van der Waals surface area contributed by atoms with Crippen LogP contribution in [-0.2, 0) is 14.6 Å². The molecular formula is C10H20N2O4S. The fourth-order valence-electron chi connectivity index (χ4n) is 1.66. The van der Waals surface area contributed by atoms with E-state index in [0.29, 0.717) is 6.54 Å². The van der Waals surface area contributed by atoms with Crippen LogP contribution in [-0.4, -0.2) is 80.1 Å². The number of likely N-dealkylation sites (N-methyl/N-ethyl adjacent to an activating group) is 1. The number of piperazine rings is 1. The molecule has 1 atom stereocenters. The van der Waals surface area contributed by atoms with Crippen molar-refractivity contribution in [1.29, 1.82) is 0 Å². The van der Waals surface area contributed by atoms with Crippen LogP contribution in [0.15, 0.2) is 0 Å². The predicted octanol–water partition coefficient (Wildman–Crippen LogP) is -0.878. The lowest BCUT2D eigenvalue weighted by molar-refractivity contribution is -0.136. The number of nitrogens with zero attached hydrogens (tertiary/aromatic N) is 2. The first-order chi connectivity index (χ1) is 7.83. The van der Waals surface area contributed by atoms with Crippen molar-refractivity contribution in [3.05, 3.63) is 0 Å². The fraction of sp³-hybridized carbons (Fsp3) is 0.900. The Hall–Kier alpha value is -0.660. The van der Waals surface area contributed by atoms with E-state index in [-0.39, 0.29) is 5.75 Å². The topological polar surface area (TPSA) is 77.9 Å². The van der Waals surface area contributed by atoms with Crippen molar-refractivity contribution in [3.8, 4) is 0 Å². The summed E-state index contributed by atoms with van der Waals surface area (Å²) in [6.45, 7) is 5.18. The summed E-state index contributed by atoms with van der Waals surface area (Å²) in [5.74, 6) is -1.35. The molecule has 17 heavy (non-hydrogen) atoms. The molecule has 1 heterocycles.